The zero-order chi connectivity index (χ0) is 19.2. The molecule has 0 saturated carbocycles. The van der Waals surface area contributed by atoms with Crippen molar-refractivity contribution in [2.24, 2.45) is 0 Å². The summed E-state index contributed by atoms with van der Waals surface area (Å²) >= 11 is 0. The van der Waals surface area contributed by atoms with Crippen LogP contribution in [0.5, 0.6) is 11.8 Å². The highest BCUT2D eigenvalue weighted by Crippen LogP contribution is 2.23. The smallest absolute Gasteiger partial charge is 0.394 e. The number of aryl methyl sites for hydroxylation is 1. The molecular formula is C20H19FN2O4. The predicted molar refractivity (Wildman–Crippen MR) is 97.5 cm³/mol. The average molecular weight is 370 g/mol. The monoisotopic (exact) mass is 370 g/mol. The molecule has 0 fully saturated rings. The van der Waals surface area contributed by atoms with Gasteiger partial charge >= 0.3 is 6.08 Å². The van der Waals surface area contributed by atoms with Crippen LogP contribution >= 0.6 is 0 Å². The largest absolute Gasteiger partial charge is 0.489 e. The molecule has 0 spiro atoms. The number of amides is 1. The van der Waals surface area contributed by atoms with E-state index in [4.69, 9.17) is 13.9 Å². The fourth-order valence-electron chi connectivity index (χ4n) is 2.40. The van der Waals surface area contributed by atoms with Gasteiger partial charge in [0.2, 0.25) is 0 Å². The molecule has 1 aromatic heterocycles. The lowest BCUT2D eigenvalue weighted by molar-refractivity contribution is 0.102. The van der Waals surface area contributed by atoms with Crippen LogP contribution in [0.15, 0.2) is 53.1 Å². The van der Waals surface area contributed by atoms with Gasteiger partial charge in [-0.15, -0.1) is 0 Å². The molecular weight excluding hydrogens is 351 g/mol. The average Bonchev–Trinajstić information content (AvgIpc) is 3.11. The summed E-state index contributed by atoms with van der Waals surface area (Å²) in [7, 11) is 0. The van der Waals surface area contributed by atoms with Crippen molar-refractivity contribution >= 4 is 11.6 Å². The quantitative estimate of drug-likeness (QED) is 0.669. The van der Waals surface area contributed by atoms with Crippen molar-refractivity contribution < 1.29 is 23.1 Å². The molecule has 1 amide bonds. The lowest BCUT2D eigenvalue weighted by Gasteiger charge is -2.11. The first-order valence-electron chi connectivity index (χ1n) is 8.42. The van der Waals surface area contributed by atoms with Crippen LogP contribution in [0.3, 0.4) is 0 Å². The number of carbonyl (C=O) groups excluding carboxylic acids is 1. The molecule has 2 aromatic carbocycles. The Labute approximate surface area is 155 Å². The Hall–Kier alpha value is -3.35. The third-order valence-corrected chi connectivity index (χ3v) is 3.72. The molecule has 0 atom stereocenters. The normalized spacial score (nSPS) is 10.5. The SMILES string of the molecule is CCOc1nc(C(=O)Nc2ccc(OCc3cccc(F)c3)cc2C)co1. The number of oxazole rings is 1. The van der Waals surface area contributed by atoms with Gasteiger partial charge in [0.25, 0.3) is 5.91 Å². The van der Waals surface area contributed by atoms with Gasteiger partial charge in [-0.25, -0.2) is 4.39 Å². The number of rotatable bonds is 7. The Morgan fingerprint density at radius 2 is 2.07 bits per heavy atom. The Kier molecular flexibility index (Phi) is 5.71. The molecule has 6 nitrogen and oxygen atoms in total. The van der Waals surface area contributed by atoms with E-state index in [1.165, 1.54) is 18.4 Å². The minimum Gasteiger partial charge on any atom is -0.489 e. The van der Waals surface area contributed by atoms with Crippen molar-refractivity contribution in [2.45, 2.75) is 20.5 Å². The number of nitrogens with zero attached hydrogens (tertiary/aromatic N) is 1. The maximum absolute atomic E-state index is 13.2. The Morgan fingerprint density at radius 1 is 1.22 bits per heavy atom. The molecule has 0 radical (unpaired) electrons. The standard InChI is InChI=1S/C20H19FN2O4/c1-3-25-20-23-18(12-27-20)19(24)22-17-8-7-16(9-13(17)2)26-11-14-5-4-6-15(21)10-14/h4-10,12H,3,11H2,1-2H3,(H,22,24). The van der Waals surface area contributed by atoms with Gasteiger partial charge in [0.05, 0.1) is 6.61 Å². The topological polar surface area (TPSA) is 73.6 Å². The fourth-order valence-corrected chi connectivity index (χ4v) is 2.40. The Bertz CT molecular complexity index is 939. The second kappa shape index (κ2) is 8.35. The lowest BCUT2D eigenvalue weighted by atomic mass is 10.2. The van der Waals surface area contributed by atoms with Gasteiger partial charge < -0.3 is 19.2 Å². The van der Waals surface area contributed by atoms with Crippen LogP contribution in [0.1, 0.15) is 28.5 Å². The first kappa shape index (κ1) is 18.4. The van der Waals surface area contributed by atoms with Crippen molar-refractivity contribution in [2.75, 3.05) is 11.9 Å². The summed E-state index contributed by atoms with van der Waals surface area (Å²) in [6.45, 7) is 4.30. The van der Waals surface area contributed by atoms with E-state index in [1.54, 1.807) is 37.3 Å². The van der Waals surface area contributed by atoms with Crippen LogP contribution in [0, 0.1) is 12.7 Å². The van der Waals surface area contributed by atoms with Crippen LogP contribution in [0.25, 0.3) is 0 Å². The molecule has 3 rings (SSSR count). The summed E-state index contributed by atoms with van der Waals surface area (Å²) in [5.41, 5.74) is 2.30. The molecule has 27 heavy (non-hydrogen) atoms. The molecule has 7 heteroatoms. The van der Waals surface area contributed by atoms with E-state index in [2.05, 4.69) is 10.3 Å². The molecule has 3 aromatic rings. The first-order valence-corrected chi connectivity index (χ1v) is 8.42. The summed E-state index contributed by atoms with van der Waals surface area (Å²) in [5.74, 6) is -0.0817. The van der Waals surface area contributed by atoms with Crippen LogP contribution < -0.4 is 14.8 Å². The fraction of sp³-hybridized carbons (Fsp3) is 0.200. The maximum Gasteiger partial charge on any atom is 0.394 e. The van der Waals surface area contributed by atoms with E-state index in [0.717, 1.165) is 11.1 Å². The van der Waals surface area contributed by atoms with Gasteiger partial charge in [-0.1, -0.05) is 12.1 Å². The zero-order valence-corrected chi connectivity index (χ0v) is 15.0. The van der Waals surface area contributed by atoms with Crippen molar-refractivity contribution in [1.82, 2.24) is 4.98 Å². The number of halogens is 1. The van der Waals surface area contributed by atoms with E-state index in [0.29, 0.717) is 18.0 Å². The maximum atomic E-state index is 13.2. The number of carbonyl (C=O) groups is 1. The van der Waals surface area contributed by atoms with Crippen LogP contribution in [0.2, 0.25) is 0 Å². The Balaban J connectivity index is 1.62. The van der Waals surface area contributed by atoms with Gasteiger partial charge in [0.15, 0.2) is 5.69 Å². The van der Waals surface area contributed by atoms with Gasteiger partial charge in [-0.3, -0.25) is 4.79 Å². The van der Waals surface area contributed by atoms with Crippen molar-refractivity contribution in [1.29, 1.82) is 0 Å². The van der Waals surface area contributed by atoms with Crippen molar-refractivity contribution in [3.05, 3.63) is 71.4 Å². The van der Waals surface area contributed by atoms with Crippen molar-refractivity contribution in [3.8, 4) is 11.8 Å². The molecule has 0 aliphatic rings. The number of hydrogen-bond acceptors (Lipinski definition) is 5. The van der Waals surface area contributed by atoms with E-state index in [-0.39, 0.29) is 24.2 Å². The number of anilines is 1. The highest BCUT2D eigenvalue weighted by Gasteiger charge is 2.14. The third kappa shape index (κ3) is 4.84. The minimum atomic E-state index is -0.402. The zero-order valence-electron chi connectivity index (χ0n) is 15.0. The van der Waals surface area contributed by atoms with Gasteiger partial charge in [-0.05, 0) is 55.3 Å². The van der Waals surface area contributed by atoms with Gasteiger partial charge in [-0.2, -0.15) is 4.98 Å². The summed E-state index contributed by atoms with van der Waals surface area (Å²) in [4.78, 5) is 16.2. The summed E-state index contributed by atoms with van der Waals surface area (Å²) in [5, 5.41) is 2.77. The van der Waals surface area contributed by atoms with Crippen LogP contribution in [-0.4, -0.2) is 17.5 Å². The van der Waals surface area contributed by atoms with E-state index >= 15 is 0 Å². The number of aromatic nitrogens is 1. The predicted octanol–water partition coefficient (Wildman–Crippen LogP) is 4.35. The molecule has 0 unspecified atom stereocenters. The Morgan fingerprint density at radius 3 is 2.81 bits per heavy atom. The van der Waals surface area contributed by atoms with E-state index in [9.17, 15) is 9.18 Å². The van der Waals surface area contributed by atoms with Crippen molar-refractivity contribution in [3.63, 3.8) is 0 Å². The van der Waals surface area contributed by atoms with Gasteiger partial charge in [0, 0.05) is 5.69 Å². The summed E-state index contributed by atoms with van der Waals surface area (Å²) in [6.07, 6.45) is 1.30. The number of nitrogens with one attached hydrogen (secondary N) is 1. The van der Waals surface area contributed by atoms with Crippen LogP contribution in [-0.2, 0) is 6.61 Å². The molecule has 0 aliphatic carbocycles. The summed E-state index contributed by atoms with van der Waals surface area (Å²) < 4.78 is 29.0. The lowest BCUT2D eigenvalue weighted by Crippen LogP contribution is -2.13. The van der Waals surface area contributed by atoms with Crippen LogP contribution in [0.4, 0.5) is 10.1 Å². The molecule has 140 valence electrons. The second-order valence-corrected chi connectivity index (χ2v) is 5.78. The number of benzene rings is 2. The highest BCUT2D eigenvalue weighted by atomic mass is 19.1. The number of hydrogen-bond donors (Lipinski definition) is 1. The molecule has 1 N–H and O–H groups in total. The first-order chi connectivity index (χ1) is 13.0. The second-order valence-electron chi connectivity index (χ2n) is 5.78. The molecule has 0 aliphatic heterocycles. The minimum absolute atomic E-state index is 0.0560. The summed E-state index contributed by atoms with van der Waals surface area (Å²) in [6, 6.07) is 11.5. The van der Waals surface area contributed by atoms with E-state index in [1.807, 2.05) is 6.92 Å². The molecule has 0 bridgehead atoms. The van der Waals surface area contributed by atoms with Gasteiger partial charge in [0.1, 0.15) is 24.4 Å². The molecule has 0 saturated heterocycles. The van der Waals surface area contributed by atoms with E-state index < -0.39 is 5.91 Å². The third-order valence-electron chi connectivity index (χ3n) is 3.72. The molecule has 1 heterocycles. The number of ether oxygens (including phenoxy) is 2. The highest BCUT2D eigenvalue weighted by molar-refractivity contribution is 6.03.